The quantitative estimate of drug-likeness (QED) is 0.810. The van der Waals surface area contributed by atoms with Gasteiger partial charge in [0.15, 0.2) is 0 Å². The minimum atomic E-state index is 0.205. The Hall–Kier alpha value is -0.970. The van der Waals surface area contributed by atoms with Crippen LogP contribution in [0.5, 0.6) is 0 Å². The highest BCUT2D eigenvalue weighted by molar-refractivity contribution is 7.10. The lowest BCUT2D eigenvalue weighted by Crippen LogP contribution is -2.10. The van der Waals surface area contributed by atoms with Gasteiger partial charge in [0.05, 0.1) is 16.1 Å². The van der Waals surface area contributed by atoms with Crippen LogP contribution in [-0.2, 0) is 0 Å². The molecule has 2 aromatic heterocycles. The maximum atomic E-state index is 6.19. The largest absolute Gasteiger partial charge is 0.372 e. The van der Waals surface area contributed by atoms with Gasteiger partial charge in [0.25, 0.3) is 0 Å². The molecule has 6 heteroatoms. The number of pyridine rings is 1. The van der Waals surface area contributed by atoms with Gasteiger partial charge < -0.3 is 10.6 Å². The first-order valence-electron chi connectivity index (χ1n) is 5.99. The third-order valence-corrected chi connectivity index (χ3v) is 4.33. The molecule has 0 aliphatic rings. The number of rotatable bonds is 5. The van der Waals surface area contributed by atoms with E-state index in [1.807, 2.05) is 6.07 Å². The molecule has 0 radical (unpaired) electrons. The number of hydrogen-bond donors (Lipinski definition) is 2. The Bertz CT molecular complexity index is 543. The van der Waals surface area contributed by atoms with Crippen LogP contribution in [0.25, 0.3) is 0 Å². The minimum absolute atomic E-state index is 0.205. The van der Waals surface area contributed by atoms with Gasteiger partial charge >= 0.3 is 0 Å². The fourth-order valence-electron chi connectivity index (χ4n) is 1.77. The smallest absolute Gasteiger partial charge is 0.147 e. The summed E-state index contributed by atoms with van der Waals surface area (Å²) in [5.41, 5.74) is 0. The molecule has 0 bridgehead atoms. The van der Waals surface area contributed by atoms with E-state index < -0.39 is 0 Å². The molecule has 2 N–H and O–H groups in total. The Morgan fingerprint density at radius 2 is 2.05 bits per heavy atom. The molecule has 0 spiro atoms. The SMILES string of the molecule is CCC(Nc1nc(NC)c(Cl)cc1Cl)c1cccs1. The molecule has 19 heavy (non-hydrogen) atoms. The van der Waals surface area contributed by atoms with Gasteiger partial charge in [-0.2, -0.15) is 0 Å². The first kappa shape index (κ1) is 14.4. The lowest BCUT2D eigenvalue weighted by atomic mass is 10.2. The van der Waals surface area contributed by atoms with Crippen LogP contribution >= 0.6 is 34.5 Å². The first-order chi connectivity index (χ1) is 9.15. The van der Waals surface area contributed by atoms with E-state index in [-0.39, 0.29) is 6.04 Å². The van der Waals surface area contributed by atoms with Gasteiger partial charge in [0, 0.05) is 11.9 Å². The molecule has 0 amide bonds. The molecular weight excluding hydrogens is 301 g/mol. The molecule has 0 saturated carbocycles. The molecule has 0 fully saturated rings. The molecule has 2 aromatic rings. The zero-order valence-corrected chi connectivity index (χ0v) is 13.0. The first-order valence-corrected chi connectivity index (χ1v) is 7.63. The standard InChI is InChI=1S/C13H15Cl2N3S/c1-3-10(11-5-4-6-19-11)17-13-9(15)7-8(14)12(16-2)18-13/h4-7,10H,3H2,1-2H3,(H2,16,17,18). The lowest BCUT2D eigenvalue weighted by Gasteiger charge is -2.18. The van der Waals surface area contributed by atoms with Gasteiger partial charge in [-0.3, -0.25) is 0 Å². The van der Waals surface area contributed by atoms with Crippen molar-refractivity contribution in [1.82, 2.24) is 4.98 Å². The van der Waals surface area contributed by atoms with E-state index in [0.717, 1.165) is 6.42 Å². The van der Waals surface area contributed by atoms with Gasteiger partial charge in [0.1, 0.15) is 11.6 Å². The van der Waals surface area contributed by atoms with Gasteiger partial charge in [-0.05, 0) is 23.9 Å². The van der Waals surface area contributed by atoms with Gasteiger partial charge in [-0.25, -0.2) is 4.98 Å². The second-order valence-corrected chi connectivity index (χ2v) is 5.81. The zero-order valence-electron chi connectivity index (χ0n) is 10.7. The summed E-state index contributed by atoms with van der Waals surface area (Å²) in [7, 11) is 1.78. The van der Waals surface area contributed by atoms with Crippen LogP contribution in [0.3, 0.4) is 0 Å². The Balaban J connectivity index is 2.27. The summed E-state index contributed by atoms with van der Waals surface area (Å²) in [4.78, 5) is 5.67. The van der Waals surface area contributed by atoms with Crippen molar-refractivity contribution in [2.24, 2.45) is 0 Å². The zero-order chi connectivity index (χ0) is 13.8. The van der Waals surface area contributed by atoms with Crippen molar-refractivity contribution in [1.29, 1.82) is 0 Å². The van der Waals surface area contributed by atoms with Gasteiger partial charge in [0.2, 0.25) is 0 Å². The second-order valence-electron chi connectivity index (χ2n) is 4.02. The number of thiophene rings is 1. The number of anilines is 2. The predicted octanol–water partition coefficient (Wildman–Crippen LogP) is 5.05. The van der Waals surface area contributed by atoms with Crippen LogP contribution in [0, 0.1) is 0 Å². The molecule has 102 valence electrons. The third kappa shape index (κ3) is 3.32. The van der Waals surface area contributed by atoms with Gasteiger partial charge in [-0.15, -0.1) is 11.3 Å². The van der Waals surface area contributed by atoms with Crippen molar-refractivity contribution in [3.8, 4) is 0 Å². The van der Waals surface area contributed by atoms with E-state index in [0.29, 0.717) is 21.7 Å². The van der Waals surface area contributed by atoms with E-state index in [1.54, 1.807) is 24.5 Å². The summed E-state index contributed by atoms with van der Waals surface area (Å²) in [5, 5.41) is 9.43. The van der Waals surface area contributed by atoms with E-state index in [2.05, 4.69) is 34.0 Å². The average molecular weight is 316 g/mol. The Kier molecular flexibility index (Phi) is 4.91. The maximum Gasteiger partial charge on any atom is 0.147 e. The van der Waals surface area contributed by atoms with Crippen molar-refractivity contribution in [2.75, 3.05) is 17.7 Å². The van der Waals surface area contributed by atoms with Crippen LogP contribution in [-0.4, -0.2) is 12.0 Å². The molecule has 2 heterocycles. The summed E-state index contributed by atoms with van der Waals surface area (Å²) in [6.45, 7) is 2.13. The minimum Gasteiger partial charge on any atom is -0.372 e. The average Bonchev–Trinajstić information content (AvgIpc) is 2.92. The number of nitrogens with zero attached hydrogens (tertiary/aromatic N) is 1. The molecule has 3 nitrogen and oxygen atoms in total. The van der Waals surface area contributed by atoms with Gasteiger partial charge in [-0.1, -0.05) is 36.2 Å². The highest BCUT2D eigenvalue weighted by atomic mass is 35.5. The number of hydrogen-bond acceptors (Lipinski definition) is 4. The number of nitrogens with one attached hydrogen (secondary N) is 2. The molecule has 0 aliphatic heterocycles. The summed E-state index contributed by atoms with van der Waals surface area (Å²) in [6, 6.07) is 6.05. The van der Waals surface area contributed by atoms with Crippen LogP contribution in [0.2, 0.25) is 10.0 Å². The highest BCUT2D eigenvalue weighted by Gasteiger charge is 2.14. The second kappa shape index (κ2) is 6.46. The molecule has 2 rings (SSSR count). The molecule has 1 atom stereocenters. The Labute approximate surface area is 127 Å². The van der Waals surface area contributed by atoms with E-state index in [9.17, 15) is 0 Å². The van der Waals surface area contributed by atoms with E-state index in [1.165, 1.54) is 4.88 Å². The monoisotopic (exact) mass is 315 g/mol. The Morgan fingerprint density at radius 1 is 1.32 bits per heavy atom. The van der Waals surface area contributed by atoms with Crippen LogP contribution < -0.4 is 10.6 Å². The Morgan fingerprint density at radius 3 is 2.63 bits per heavy atom. The summed E-state index contributed by atoms with van der Waals surface area (Å²) in [5.74, 6) is 1.27. The fourth-order valence-corrected chi connectivity index (χ4v) is 3.14. The third-order valence-electron chi connectivity index (χ3n) is 2.77. The van der Waals surface area contributed by atoms with Crippen molar-refractivity contribution >= 4 is 46.2 Å². The van der Waals surface area contributed by atoms with E-state index in [4.69, 9.17) is 23.2 Å². The molecule has 0 aliphatic carbocycles. The summed E-state index contributed by atoms with van der Waals surface area (Å²) >= 11 is 13.9. The predicted molar refractivity (Wildman–Crippen MR) is 84.8 cm³/mol. The summed E-state index contributed by atoms with van der Waals surface area (Å²) in [6.07, 6.45) is 0.954. The maximum absolute atomic E-state index is 6.19. The molecular formula is C13H15Cl2N3S. The number of aromatic nitrogens is 1. The van der Waals surface area contributed by atoms with Crippen molar-refractivity contribution in [3.05, 3.63) is 38.5 Å². The van der Waals surface area contributed by atoms with E-state index >= 15 is 0 Å². The van der Waals surface area contributed by atoms with Crippen LogP contribution in [0.15, 0.2) is 23.6 Å². The van der Waals surface area contributed by atoms with Crippen LogP contribution in [0.4, 0.5) is 11.6 Å². The van der Waals surface area contributed by atoms with Crippen molar-refractivity contribution in [3.63, 3.8) is 0 Å². The topological polar surface area (TPSA) is 37.0 Å². The van der Waals surface area contributed by atoms with Crippen molar-refractivity contribution in [2.45, 2.75) is 19.4 Å². The summed E-state index contributed by atoms with van der Waals surface area (Å²) < 4.78 is 0. The van der Waals surface area contributed by atoms with Crippen molar-refractivity contribution < 1.29 is 0 Å². The number of halogens is 2. The van der Waals surface area contributed by atoms with Crippen LogP contribution in [0.1, 0.15) is 24.3 Å². The molecule has 1 unspecified atom stereocenters. The normalized spacial score (nSPS) is 12.2. The molecule has 0 aromatic carbocycles. The highest BCUT2D eigenvalue weighted by Crippen LogP contribution is 2.32. The fraction of sp³-hybridized carbons (Fsp3) is 0.308. The lowest BCUT2D eigenvalue weighted by molar-refractivity contribution is 0.759. The molecule has 0 saturated heterocycles.